The van der Waals surface area contributed by atoms with Gasteiger partial charge in [0.05, 0.1) is 18.3 Å². The standard InChI is InChI=1S/C15H25N3O/c19-12-15-7-4-9-17(15)11-13-8-10-18(16-13)14-5-2-1-3-6-14/h8,10,14-15,19H,1-7,9,11-12H2/t15-/m1/s1. The fraction of sp³-hybridized carbons (Fsp3) is 0.800. The monoisotopic (exact) mass is 263 g/mol. The van der Waals surface area contributed by atoms with Crippen LogP contribution in [0.5, 0.6) is 0 Å². The summed E-state index contributed by atoms with van der Waals surface area (Å²) in [6.07, 6.45) is 11.1. The van der Waals surface area contributed by atoms with E-state index in [1.165, 1.54) is 38.5 Å². The van der Waals surface area contributed by atoms with Gasteiger partial charge in [-0.25, -0.2) is 0 Å². The van der Waals surface area contributed by atoms with Crippen molar-refractivity contribution in [2.75, 3.05) is 13.2 Å². The molecule has 19 heavy (non-hydrogen) atoms. The van der Waals surface area contributed by atoms with E-state index in [1.54, 1.807) is 0 Å². The first-order chi connectivity index (χ1) is 9.36. The Morgan fingerprint density at radius 3 is 2.79 bits per heavy atom. The number of hydrogen-bond acceptors (Lipinski definition) is 3. The smallest absolute Gasteiger partial charge is 0.0765 e. The zero-order chi connectivity index (χ0) is 13.1. The fourth-order valence-electron chi connectivity index (χ4n) is 3.53. The van der Waals surface area contributed by atoms with E-state index < -0.39 is 0 Å². The summed E-state index contributed by atoms with van der Waals surface area (Å²) in [6, 6.07) is 3.12. The Balaban J connectivity index is 1.61. The summed E-state index contributed by atoms with van der Waals surface area (Å²) in [5.74, 6) is 0. The van der Waals surface area contributed by atoms with Crippen LogP contribution in [0.3, 0.4) is 0 Å². The Hall–Kier alpha value is -0.870. The minimum Gasteiger partial charge on any atom is -0.395 e. The summed E-state index contributed by atoms with van der Waals surface area (Å²) in [4.78, 5) is 2.37. The van der Waals surface area contributed by atoms with Crippen molar-refractivity contribution in [2.24, 2.45) is 0 Å². The van der Waals surface area contributed by atoms with Crippen LogP contribution in [-0.2, 0) is 6.54 Å². The van der Waals surface area contributed by atoms with Crippen LogP contribution in [0.15, 0.2) is 12.3 Å². The van der Waals surface area contributed by atoms with E-state index in [2.05, 4.69) is 21.8 Å². The first-order valence-corrected chi connectivity index (χ1v) is 7.76. The molecule has 0 radical (unpaired) electrons. The SMILES string of the molecule is OC[C@H]1CCCN1Cc1ccn(C2CCCCC2)n1. The van der Waals surface area contributed by atoms with Crippen LogP contribution in [0.25, 0.3) is 0 Å². The first kappa shape index (κ1) is 13.1. The molecular formula is C15H25N3O. The third-order valence-electron chi connectivity index (χ3n) is 4.69. The summed E-state index contributed by atoms with van der Waals surface area (Å²) >= 11 is 0. The number of aliphatic hydroxyl groups excluding tert-OH is 1. The van der Waals surface area contributed by atoms with Crippen LogP contribution >= 0.6 is 0 Å². The molecule has 4 nitrogen and oxygen atoms in total. The van der Waals surface area contributed by atoms with Crippen LogP contribution in [0.4, 0.5) is 0 Å². The molecule has 0 amide bonds. The Kier molecular flexibility index (Phi) is 4.18. The molecule has 1 saturated heterocycles. The topological polar surface area (TPSA) is 41.3 Å². The van der Waals surface area contributed by atoms with Gasteiger partial charge in [-0.05, 0) is 38.3 Å². The summed E-state index contributed by atoms with van der Waals surface area (Å²) in [6.45, 7) is 2.27. The van der Waals surface area contributed by atoms with Gasteiger partial charge in [0.1, 0.15) is 0 Å². The second-order valence-electron chi connectivity index (χ2n) is 6.03. The zero-order valence-corrected chi connectivity index (χ0v) is 11.7. The van der Waals surface area contributed by atoms with Gasteiger partial charge in [0.2, 0.25) is 0 Å². The van der Waals surface area contributed by atoms with Crippen molar-refractivity contribution < 1.29 is 5.11 Å². The first-order valence-electron chi connectivity index (χ1n) is 7.76. The zero-order valence-electron chi connectivity index (χ0n) is 11.7. The van der Waals surface area contributed by atoms with Crippen LogP contribution in [-0.4, -0.2) is 39.0 Å². The predicted molar refractivity (Wildman–Crippen MR) is 74.9 cm³/mol. The van der Waals surface area contributed by atoms with E-state index in [-0.39, 0.29) is 6.61 Å². The van der Waals surface area contributed by atoms with Gasteiger partial charge in [0, 0.05) is 18.8 Å². The van der Waals surface area contributed by atoms with Gasteiger partial charge >= 0.3 is 0 Å². The van der Waals surface area contributed by atoms with Crippen LogP contribution in [0.1, 0.15) is 56.7 Å². The molecule has 0 unspecified atom stereocenters. The third kappa shape index (κ3) is 3.00. The van der Waals surface area contributed by atoms with Crippen LogP contribution < -0.4 is 0 Å². The third-order valence-corrected chi connectivity index (χ3v) is 4.69. The molecule has 106 valence electrons. The maximum atomic E-state index is 9.36. The highest BCUT2D eigenvalue weighted by Crippen LogP contribution is 2.27. The van der Waals surface area contributed by atoms with Gasteiger partial charge < -0.3 is 5.11 Å². The molecule has 4 heteroatoms. The molecule has 0 aromatic carbocycles. The lowest BCUT2D eigenvalue weighted by Gasteiger charge is -2.23. The summed E-state index contributed by atoms with van der Waals surface area (Å²) in [7, 11) is 0. The number of aromatic nitrogens is 2. The highest BCUT2D eigenvalue weighted by Gasteiger charge is 2.24. The number of aliphatic hydroxyl groups is 1. The fourth-order valence-corrected chi connectivity index (χ4v) is 3.53. The van der Waals surface area contributed by atoms with Crippen molar-refractivity contribution in [1.82, 2.24) is 14.7 Å². The Labute approximate surface area is 115 Å². The lowest BCUT2D eigenvalue weighted by molar-refractivity contribution is 0.152. The van der Waals surface area contributed by atoms with E-state index in [1.807, 2.05) is 0 Å². The summed E-state index contributed by atoms with van der Waals surface area (Å²) in [5.41, 5.74) is 1.16. The molecule has 1 aliphatic heterocycles. The maximum absolute atomic E-state index is 9.36. The normalized spacial score (nSPS) is 26.1. The molecule has 2 heterocycles. The van der Waals surface area contributed by atoms with E-state index in [4.69, 9.17) is 5.10 Å². The predicted octanol–water partition coefficient (Wildman–Crippen LogP) is 2.35. The highest BCUT2D eigenvalue weighted by molar-refractivity contribution is 5.01. The highest BCUT2D eigenvalue weighted by atomic mass is 16.3. The second-order valence-corrected chi connectivity index (χ2v) is 6.03. The molecule has 0 bridgehead atoms. The Bertz CT molecular complexity index is 398. The molecule has 2 aliphatic rings. The average Bonchev–Trinajstić information content (AvgIpc) is 3.09. The molecule has 1 saturated carbocycles. The molecule has 3 rings (SSSR count). The van der Waals surface area contributed by atoms with Crippen molar-refractivity contribution in [1.29, 1.82) is 0 Å². The molecular weight excluding hydrogens is 238 g/mol. The number of hydrogen-bond donors (Lipinski definition) is 1. The van der Waals surface area contributed by atoms with E-state index in [0.29, 0.717) is 12.1 Å². The number of likely N-dealkylation sites (tertiary alicyclic amines) is 1. The van der Waals surface area contributed by atoms with Gasteiger partial charge in [0.25, 0.3) is 0 Å². The van der Waals surface area contributed by atoms with E-state index >= 15 is 0 Å². The van der Waals surface area contributed by atoms with Crippen LogP contribution in [0.2, 0.25) is 0 Å². The van der Waals surface area contributed by atoms with Gasteiger partial charge in [-0.2, -0.15) is 5.10 Å². The summed E-state index contributed by atoms with van der Waals surface area (Å²) < 4.78 is 2.18. The molecule has 0 spiro atoms. The largest absolute Gasteiger partial charge is 0.395 e. The van der Waals surface area contributed by atoms with Crippen molar-refractivity contribution in [3.8, 4) is 0 Å². The average molecular weight is 263 g/mol. The molecule has 2 fully saturated rings. The lowest BCUT2D eigenvalue weighted by Crippen LogP contribution is -2.31. The molecule has 1 aliphatic carbocycles. The quantitative estimate of drug-likeness (QED) is 0.906. The van der Waals surface area contributed by atoms with Crippen molar-refractivity contribution in [2.45, 2.75) is 63.6 Å². The molecule has 1 aromatic rings. The lowest BCUT2D eigenvalue weighted by atomic mass is 9.96. The van der Waals surface area contributed by atoms with Gasteiger partial charge in [0.15, 0.2) is 0 Å². The van der Waals surface area contributed by atoms with E-state index in [9.17, 15) is 5.11 Å². The van der Waals surface area contributed by atoms with Gasteiger partial charge in [-0.15, -0.1) is 0 Å². The van der Waals surface area contributed by atoms with Crippen molar-refractivity contribution in [3.05, 3.63) is 18.0 Å². The number of nitrogens with zero attached hydrogens (tertiary/aromatic N) is 3. The summed E-state index contributed by atoms with van der Waals surface area (Å²) in [5, 5.41) is 14.1. The van der Waals surface area contributed by atoms with Crippen molar-refractivity contribution >= 4 is 0 Å². The van der Waals surface area contributed by atoms with E-state index in [0.717, 1.165) is 25.2 Å². The molecule has 1 aromatic heterocycles. The maximum Gasteiger partial charge on any atom is 0.0765 e. The Morgan fingerprint density at radius 1 is 1.16 bits per heavy atom. The minimum absolute atomic E-state index is 0.281. The van der Waals surface area contributed by atoms with Gasteiger partial charge in [-0.1, -0.05) is 19.3 Å². The Morgan fingerprint density at radius 2 is 2.00 bits per heavy atom. The molecule has 1 N–H and O–H groups in total. The van der Waals surface area contributed by atoms with Gasteiger partial charge in [-0.3, -0.25) is 9.58 Å². The van der Waals surface area contributed by atoms with Crippen LogP contribution in [0, 0.1) is 0 Å². The second kappa shape index (κ2) is 6.06. The number of rotatable bonds is 4. The van der Waals surface area contributed by atoms with Crippen molar-refractivity contribution in [3.63, 3.8) is 0 Å². The minimum atomic E-state index is 0.281. The molecule has 1 atom stereocenters.